The molecule has 0 aromatic carbocycles. The molecule has 1 aromatic rings. The molecule has 4 heteroatoms. The number of hydrogen-bond donors (Lipinski definition) is 1. The van der Waals surface area contributed by atoms with E-state index in [1.165, 1.54) is 19.4 Å². The highest BCUT2D eigenvalue weighted by atomic mass is 15.2. The van der Waals surface area contributed by atoms with Gasteiger partial charge in [-0.05, 0) is 45.6 Å². The van der Waals surface area contributed by atoms with E-state index in [0.29, 0.717) is 6.04 Å². The van der Waals surface area contributed by atoms with Gasteiger partial charge in [0.25, 0.3) is 0 Å². The van der Waals surface area contributed by atoms with Gasteiger partial charge in [-0.25, -0.2) is 0 Å². The minimum atomic E-state index is 0.660. The Morgan fingerprint density at radius 1 is 1.53 bits per heavy atom. The fourth-order valence-corrected chi connectivity index (χ4v) is 2.52. The first kappa shape index (κ1) is 12.3. The molecule has 2 heterocycles. The quantitative estimate of drug-likeness (QED) is 0.850. The zero-order valence-electron chi connectivity index (χ0n) is 10.8. The Balaban J connectivity index is 1.97. The molecule has 1 aliphatic heterocycles. The number of nitrogens with two attached hydrogens (primary N) is 1. The Hall–Kier alpha value is -1.13. The van der Waals surface area contributed by atoms with Crippen LogP contribution in [0.3, 0.4) is 0 Å². The molecule has 0 radical (unpaired) electrons. The summed E-state index contributed by atoms with van der Waals surface area (Å²) in [5, 5.41) is 0. The van der Waals surface area contributed by atoms with Crippen molar-refractivity contribution in [2.24, 2.45) is 0 Å². The first-order chi connectivity index (χ1) is 8.15. The van der Waals surface area contributed by atoms with Crippen LogP contribution in [-0.2, 0) is 6.54 Å². The van der Waals surface area contributed by atoms with Crippen LogP contribution in [0.15, 0.2) is 18.3 Å². The van der Waals surface area contributed by atoms with Crippen LogP contribution in [0.1, 0.15) is 18.5 Å². The highest BCUT2D eigenvalue weighted by Crippen LogP contribution is 2.20. The predicted octanol–water partition coefficient (Wildman–Crippen LogP) is 1.19. The van der Waals surface area contributed by atoms with Crippen LogP contribution in [0.2, 0.25) is 0 Å². The van der Waals surface area contributed by atoms with E-state index < -0.39 is 0 Å². The molecule has 1 saturated heterocycles. The zero-order chi connectivity index (χ0) is 12.3. The molecule has 2 N–H and O–H groups in total. The van der Waals surface area contributed by atoms with Crippen LogP contribution in [-0.4, -0.2) is 48.0 Å². The summed E-state index contributed by atoms with van der Waals surface area (Å²) < 4.78 is 0. The fourth-order valence-electron chi connectivity index (χ4n) is 2.52. The molecular formula is C13H22N4. The minimum Gasteiger partial charge on any atom is -0.399 e. The molecule has 0 bridgehead atoms. The minimum absolute atomic E-state index is 0.660. The van der Waals surface area contributed by atoms with Gasteiger partial charge in [0.15, 0.2) is 0 Å². The van der Waals surface area contributed by atoms with Gasteiger partial charge in [-0.3, -0.25) is 9.88 Å². The Morgan fingerprint density at radius 3 is 3.06 bits per heavy atom. The van der Waals surface area contributed by atoms with Gasteiger partial charge in [0, 0.05) is 31.0 Å². The molecule has 94 valence electrons. The summed E-state index contributed by atoms with van der Waals surface area (Å²) in [5.41, 5.74) is 7.66. The Bertz CT molecular complexity index is 364. The summed E-state index contributed by atoms with van der Waals surface area (Å²) in [6, 6.07) is 4.48. The van der Waals surface area contributed by atoms with Gasteiger partial charge in [0.1, 0.15) is 0 Å². The Kier molecular flexibility index (Phi) is 3.97. The molecular weight excluding hydrogens is 212 g/mol. The van der Waals surface area contributed by atoms with E-state index in [1.54, 1.807) is 6.20 Å². The number of likely N-dealkylation sites (tertiary alicyclic amines) is 1. The number of likely N-dealkylation sites (N-methyl/N-ethyl adjacent to an activating group) is 1. The topological polar surface area (TPSA) is 45.4 Å². The average molecular weight is 234 g/mol. The van der Waals surface area contributed by atoms with Gasteiger partial charge in [-0.1, -0.05) is 0 Å². The number of hydrogen-bond acceptors (Lipinski definition) is 4. The Morgan fingerprint density at radius 2 is 2.35 bits per heavy atom. The van der Waals surface area contributed by atoms with Gasteiger partial charge in [-0.2, -0.15) is 0 Å². The third kappa shape index (κ3) is 3.41. The average Bonchev–Trinajstić information content (AvgIpc) is 2.65. The smallest absolute Gasteiger partial charge is 0.0564 e. The lowest BCUT2D eigenvalue weighted by Crippen LogP contribution is -2.37. The van der Waals surface area contributed by atoms with E-state index in [-0.39, 0.29) is 0 Å². The predicted molar refractivity (Wildman–Crippen MR) is 70.6 cm³/mol. The highest BCUT2D eigenvalue weighted by Gasteiger charge is 2.24. The van der Waals surface area contributed by atoms with Gasteiger partial charge in [0.2, 0.25) is 0 Å². The van der Waals surface area contributed by atoms with Crippen molar-refractivity contribution in [2.75, 3.05) is 32.9 Å². The van der Waals surface area contributed by atoms with E-state index in [9.17, 15) is 0 Å². The van der Waals surface area contributed by atoms with Crippen molar-refractivity contribution < 1.29 is 0 Å². The molecule has 1 atom stereocenters. The van der Waals surface area contributed by atoms with E-state index >= 15 is 0 Å². The maximum Gasteiger partial charge on any atom is 0.0564 e. The van der Waals surface area contributed by atoms with Crippen molar-refractivity contribution in [1.82, 2.24) is 14.8 Å². The lowest BCUT2D eigenvalue weighted by Gasteiger charge is -2.26. The summed E-state index contributed by atoms with van der Waals surface area (Å²) >= 11 is 0. The summed E-state index contributed by atoms with van der Waals surface area (Å²) in [7, 11) is 4.27. The first-order valence-corrected chi connectivity index (χ1v) is 6.24. The Labute approximate surface area is 103 Å². The van der Waals surface area contributed by atoms with Crippen LogP contribution in [0.4, 0.5) is 5.69 Å². The van der Waals surface area contributed by atoms with Gasteiger partial charge in [-0.15, -0.1) is 0 Å². The maximum atomic E-state index is 5.78. The molecule has 0 aliphatic carbocycles. The second kappa shape index (κ2) is 5.47. The standard InChI is InChI=1S/C13H22N4/c1-16(2)10-13-4-3-7-17(13)9-12-8-11(14)5-6-15-12/h5-6,8,13H,3-4,7,9-10H2,1-2H3,(H2,14,15). The van der Waals surface area contributed by atoms with Crippen LogP contribution in [0, 0.1) is 0 Å². The molecule has 17 heavy (non-hydrogen) atoms. The summed E-state index contributed by atoms with van der Waals surface area (Å²) in [6.45, 7) is 3.22. The molecule has 0 spiro atoms. The van der Waals surface area contributed by atoms with E-state index in [4.69, 9.17) is 5.73 Å². The van der Waals surface area contributed by atoms with Crippen LogP contribution in [0.25, 0.3) is 0 Å². The van der Waals surface area contributed by atoms with Crippen LogP contribution in [0.5, 0.6) is 0 Å². The fraction of sp³-hybridized carbons (Fsp3) is 0.615. The van der Waals surface area contributed by atoms with Gasteiger partial charge >= 0.3 is 0 Å². The number of rotatable bonds is 4. The van der Waals surface area contributed by atoms with Crippen molar-refractivity contribution >= 4 is 5.69 Å². The second-order valence-corrected chi connectivity index (χ2v) is 5.11. The van der Waals surface area contributed by atoms with Crippen molar-refractivity contribution in [2.45, 2.75) is 25.4 Å². The number of anilines is 1. The molecule has 1 aromatic heterocycles. The van der Waals surface area contributed by atoms with Crippen LogP contribution >= 0.6 is 0 Å². The summed E-state index contributed by atoms with van der Waals surface area (Å²) in [6.07, 6.45) is 4.38. The number of nitrogen functional groups attached to an aromatic ring is 1. The normalized spacial score (nSPS) is 21.2. The third-order valence-corrected chi connectivity index (χ3v) is 3.28. The molecule has 1 unspecified atom stereocenters. The maximum absolute atomic E-state index is 5.78. The van der Waals surface area contributed by atoms with Crippen molar-refractivity contribution in [1.29, 1.82) is 0 Å². The first-order valence-electron chi connectivity index (χ1n) is 6.24. The second-order valence-electron chi connectivity index (χ2n) is 5.11. The van der Waals surface area contributed by atoms with E-state index in [1.807, 2.05) is 12.1 Å². The monoisotopic (exact) mass is 234 g/mol. The van der Waals surface area contributed by atoms with Gasteiger partial charge in [0.05, 0.1) is 5.69 Å². The summed E-state index contributed by atoms with van der Waals surface area (Å²) in [5.74, 6) is 0. The van der Waals surface area contributed by atoms with Crippen molar-refractivity contribution in [3.05, 3.63) is 24.0 Å². The lowest BCUT2D eigenvalue weighted by molar-refractivity contribution is 0.199. The number of nitrogens with zero attached hydrogens (tertiary/aromatic N) is 3. The zero-order valence-corrected chi connectivity index (χ0v) is 10.8. The number of pyridine rings is 1. The van der Waals surface area contributed by atoms with E-state index in [0.717, 1.165) is 24.5 Å². The molecule has 4 nitrogen and oxygen atoms in total. The van der Waals surface area contributed by atoms with Crippen molar-refractivity contribution in [3.63, 3.8) is 0 Å². The molecule has 0 saturated carbocycles. The molecule has 0 amide bonds. The van der Waals surface area contributed by atoms with E-state index in [2.05, 4.69) is 28.9 Å². The third-order valence-electron chi connectivity index (χ3n) is 3.28. The van der Waals surface area contributed by atoms with Gasteiger partial charge < -0.3 is 10.6 Å². The van der Waals surface area contributed by atoms with Crippen LogP contribution < -0.4 is 5.73 Å². The SMILES string of the molecule is CN(C)CC1CCCN1Cc1cc(N)ccn1. The highest BCUT2D eigenvalue weighted by molar-refractivity contribution is 5.37. The largest absolute Gasteiger partial charge is 0.399 e. The summed E-state index contributed by atoms with van der Waals surface area (Å²) in [4.78, 5) is 9.16. The molecule has 2 rings (SSSR count). The molecule has 1 fully saturated rings. The number of aromatic nitrogens is 1. The lowest BCUT2D eigenvalue weighted by atomic mass is 10.2. The van der Waals surface area contributed by atoms with Crippen molar-refractivity contribution in [3.8, 4) is 0 Å². The molecule has 1 aliphatic rings.